The van der Waals surface area contributed by atoms with Crippen LogP contribution in [0.3, 0.4) is 0 Å². The summed E-state index contributed by atoms with van der Waals surface area (Å²) in [5.74, 6) is -0.330. The predicted octanol–water partition coefficient (Wildman–Crippen LogP) is 2.79. The molecule has 0 aliphatic heterocycles. The lowest BCUT2D eigenvalue weighted by atomic mass is 10.00. The van der Waals surface area contributed by atoms with E-state index in [9.17, 15) is 23.1 Å². The Labute approximate surface area is 198 Å². The first kappa shape index (κ1) is 28.9. The van der Waals surface area contributed by atoms with E-state index in [0.717, 1.165) is 11.8 Å². The van der Waals surface area contributed by atoms with Gasteiger partial charge in [-0.25, -0.2) is 13.2 Å². The van der Waals surface area contributed by atoms with Gasteiger partial charge in [0, 0.05) is 19.2 Å². The van der Waals surface area contributed by atoms with Crippen LogP contribution in [0.2, 0.25) is 0 Å². The van der Waals surface area contributed by atoms with Gasteiger partial charge in [-0.2, -0.15) is 0 Å². The van der Waals surface area contributed by atoms with Crippen molar-refractivity contribution in [3.05, 3.63) is 35.9 Å². The van der Waals surface area contributed by atoms with Crippen molar-refractivity contribution in [1.82, 2.24) is 10.2 Å². The number of aliphatic hydroxyl groups excluding tert-OH is 1. The third-order valence-electron chi connectivity index (χ3n) is 4.96. The molecular weight excluding hydrogens is 444 g/mol. The van der Waals surface area contributed by atoms with E-state index in [0.29, 0.717) is 13.0 Å². The van der Waals surface area contributed by atoms with Crippen LogP contribution < -0.4 is 5.32 Å². The van der Waals surface area contributed by atoms with Crippen molar-refractivity contribution in [2.45, 2.75) is 77.4 Å². The molecule has 0 radical (unpaired) electrons. The number of sulfone groups is 1. The quantitative estimate of drug-likeness (QED) is 0.499. The summed E-state index contributed by atoms with van der Waals surface area (Å²) in [6.07, 6.45) is -0.422. The molecule has 0 spiro atoms. The van der Waals surface area contributed by atoms with Crippen LogP contribution in [-0.4, -0.2) is 72.8 Å². The summed E-state index contributed by atoms with van der Waals surface area (Å²) in [6, 6.07) is 8.63. The zero-order chi connectivity index (χ0) is 25.4. The first-order valence-corrected chi connectivity index (χ1v) is 13.2. The number of ether oxygens (including phenoxy) is 1. The van der Waals surface area contributed by atoms with Crippen LogP contribution in [0.1, 0.15) is 53.5 Å². The van der Waals surface area contributed by atoms with Crippen molar-refractivity contribution < 1.29 is 27.9 Å². The Kier molecular flexibility index (Phi) is 10.8. The van der Waals surface area contributed by atoms with Crippen molar-refractivity contribution >= 4 is 21.8 Å². The van der Waals surface area contributed by atoms with Gasteiger partial charge in [0.25, 0.3) is 0 Å². The van der Waals surface area contributed by atoms with Crippen molar-refractivity contribution in [3.63, 3.8) is 0 Å². The van der Waals surface area contributed by atoms with Crippen molar-refractivity contribution in [2.24, 2.45) is 5.92 Å². The van der Waals surface area contributed by atoms with Crippen LogP contribution in [0.25, 0.3) is 0 Å². The van der Waals surface area contributed by atoms with Gasteiger partial charge in [-0.3, -0.25) is 4.79 Å². The van der Waals surface area contributed by atoms with E-state index < -0.39 is 44.8 Å². The van der Waals surface area contributed by atoms with E-state index in [4.69, 9.17) is 4.74 Å². The number of hydrogen-bond acceptors (Lipinski definition) is 6. The predicted molar refractivity (Wildman–Crippen MR) is 130 cm³/mol. The smallest absolute Gasteiger partial charge is 0.410 e. The minimum atomic E-state index is -3.37. The highest BCUT2D eigenvalue weighted by Gasteiger charge is 2.30. The van der Waals surface area contributed by atoms with E-state index in [1.54, 1.807) is 20.8 Å². The number of benzene rings is 1. The molecule has 188 valence electrons. The zero-order valence-corrected chi connectivity index (χ0v) is 21.7. The van der Waals surface area contributed by atoms with Gasteiger partial charge in [-0.1, -0.05) is 44.2 Å². The second-order valence-electron chi connectivity index (χ2n) is 10.1. The van der Waals surface area contributed by atoms with Crippen LogP contribution in [-0.2, 0) is 25.8 Å². The summed E-state index contributed by atoms with van der Waals surface area (Å²) in [5, 5.41) is 13.0. The Morgan fingerprint density at radius 1 is 1.09 bits per heavy atom. The Bertz CT molecular complexity index is 865. The summed E-state index contributed by atoms with van der Waals surface area (Å²) in [7, 11) is -3.37. The van der Waals surface area contributed by atoms with Gasteiger partial charge in [0.05, 0.1) is 23.9 Å². The highest BCUT2D eigenvalue weighted by Crippen LogP contribution is 2.14. The summed E-state index contributed by atoms with van der Waals surface area (Å²) in [5.41, 5.74) is 0.210. The van der Waals surface area contributed by atoms with E-state index in [-0.39, 0.29) is 18.9 Å². The lowest BCUT2D eigenvalue weighted by molar-refractivity contribution is -0.122. The molecule has 1 rings (SSSR count). The fraction of sp³-hybridized carbons (Fsp3) is 0.667. The van der Waals surface area contributed by atoms with Crippen molar-refractivity contribution in [1.29, 1.82) is 0 Å². The molecule has 0 aromatic heterocycles. The lowest BCUT2D eigenvalue weighted by Gasteiger charge is -2.32. The second-order valence-corrected chi connectivity index (χ2v) is 12.5. The average molecular weight is 485 g/mol. The zero-order valence-electron chi connectivity index (χ0n) is 20.9. The summed E-state index contributed by atoms with van der Waals surface area (Å²) >= 11 is 0. The minimum Gasteiger partial charge on any atom is -0.444 e. The molecule has 2 amide bonds. The molecule has 1 aromatic rings. The van der Waals surface area contributed by atoms with Crippen LogP contribution in [0.4, 0.5) is 4.79 Å². The van der Waals surface area contributed by atoms with E-state index >= 15 is 0 Å². The Morgan fingerprint density at radius 3 is 2.15 bits per heavy atom. The molecule has 0 aliphatic rings. The molecule has 0 saturated heterocycles. The number of aliphatic hydroxyl groups is 1. The molecule has 0 saturated carbocycles. The van der Waals surface area contributed by atoms with Crippen molar-refractivity contribution in [3.8, 4) is 0 Å². The van der Waals surface area contributed by atoms with Gasteiger partial charge in [0.2, 0.25) is 5.91 Å². The normalized spacial score (nSPS) is 14.9. The molecule has 0 fully saturated rings. The number of carbonyl (C=O) groups is 2. The first-order valence-electron chi connectivity index (χ1n) is 11.3. The summed E-state index contributed by atoms with van der Waals surface area (Å²) in [6.45, 7) is 11.1. The molecule has 2 N–H and O–H groups in total. The second kappa shape index (κ2) is 12.4. The summed E-state index contributed by atoms with van der Waals surface area (Å²) < 4.78 is 28.9. The third-order valence-corrected chi connectivity index (χ3v) is 6.59. The highest BCUT2D eigenvalue weighted by molar-refractivity contribution is 7.91. The fourth-order valence-electron chi connectivity index (χ4n) is 3.17. The topological polar surface area (TPSA) is 113 Å². The molecule has 1 unspecified atom stereocenters. The molecule has 0 heterocycles. The molecule has 3 atom stereocenters. The van der Waals surface area contributed by atoms with E-state index in [1.807, 2.05) is 44.2 Å². The fourth-order valence-corrected chi connectivity index (χ4v) is 3.63. The lowest BCUT2D eigenvalue weighted by Crippen LogP contribution is -2.52. The summed E-state index contributed by atoms with van der Waals surface area (Å²) in [4.78, 5) is 26.8. The van der Waals surface area contributed by atoms with Gasteiger partial charge in [-0.05, 0) is 45.6 Å². The van der Waals surface area contributed by atoms with Crippen LogP contribution in [0.5, 0.6) is 0 Å². The van der Waals surface area contributed by atoms with Crippen LogP contribution >= 0.6 is 0 Å². The SMILES string of the molecule is CC(C)CN(C[C@@H](O)C(Cc1ccccc1)NC(=O)C[C@H](C)S(C)(=O)=O)C(=O)OC(C)(C)C. The van der Waals surface area contributed by atoms with Gasteiger partial charge >= 0.3 is 6.09 Å². The number of nitrogens with one attached hydrogen (secondary N) is 1. The van der Waals surface area contributed by atoms with Gasteiger partial charge in [0.1, 0.15) is 5.60 Å². The number of rotatable bonds is 11. The van der Waals surface area contributed by atoms with E-state index in [2.05, 4.69) is 5.32 Å². The van der Waals surface area contributed by atoms with Crippen LogP contribution in [0.15, 0.2) is 30.3 Å². The monoisotopic (exact) mass is 484 g/mol. The number of amides is 2. The van der Waals surface area contributed by atoms with Gasteiger partial charge < -0.3 is 20.1 Å². The number of hydrogen-bond donors (Lipinski definition) is 2. The molecular formula is C24H40N2O6S. The maximum Gasteiger partial charge on any atom is 0.410 e. The standard InChI is InChI=1S/C24H40N2O6S/c1-17(2)15-26(23(29)32-24(4,5)6)16-21(27)20(14-19-11-9-8-10-12-19)25-22(28)13-18(3)33(7,30)31/h8-12,17-18,20-21,27H,13-16H2,1-7H3,(H,25,28)/t18-,20?,21+/m0/s1. The number of carbonyl (C=O) groups excluding carboxylic acids is 2. The first-order chi connectivity index (χ1) is 15.1. The molecule has 8 nitrogen and oxygen atoms in total. The van der Waals surface area contributed by atoms with E-state index in [1.165, 1.54) is 11.8 Å². The minimum absolute atomic E-state index is 0.0352. The molecule has 0 aliphatic carbocycles. The molecule has 33 heavy (non-hydrogen) atoms. The molecule has 0 bridgehead atoms. The molecule has 9 heteroatoms. The van der Waals surface area contributed by atoms with Crippen molar-refractivity contribution in [2.75, 3.05) is 19.3 Å². The largest absolute Gasteiger partial charge is 0.444 e. The van der Waals surface area contributed by atoms with Crippen LogP contribution in [0, 0.1) is 5.92 Å². The number of nitrogens with zero attached hydrogens (tertiary/aromatic N) is 1. The van der Waals surface area contributed by atoms with Gasteiger partial charge in [-0.15, -0.1) is 0 Å². The Morgan fingerprint density at radius 2 is 1.67 bits per heavy atom. The van der Waals surface area contributed by atoms with Gasteiger partial charge in [0.15, 0.2) is 9.84 Å². The third kappa shape index (κ3) is 11.5. The maximum absolute atomic E-state index is 12.7. The Hall–Kier alpha value is -2.13. The highest BCUT2D eigenvalue weighted by atomic mass is 32.2. The molecule has 1 aromatic carbocycles. The maximum atomic E-state index is 12.7. The Balaban J connectivity index is 3.05. The average Bonchev–Trinajstić information content (AvgIpc) is 2.65.